The van der Waals surface area contributed by atoms with Gasteiger partial charge >= 0.3 is 6.03 Å². The first-order valence-electron chi connectivity index (χ1n) is 7.24. The number of urea groups is 1. The lowest BCUT2D eigenvalue weighted by molar-refractivity contribution is 0.0171. The molecule has 2 amide bonds. The lowest BCUT2D eigenvalue weighted by Crippen LogP contribution is -2.37. The topological polar surface area (TPSA) is 91.5 Å². The van der Waals surface area contributed by atoms with Crippen LogP contribution in [0.1, 0.15) is 18.1 Å². The Morgan fingerprint density at radius 2 is 2.26 bits per heavy atom. The number of β-amino-alcohol motifs (C(OH)–C–C–N with tert-alkyl or cyclic N) is 1. The van der Waals surface area contributed by atoms with Crippen molar-refractivity contribution >= 4 is 23.5 Å². The third-order valence-electron chi connectivity index (χ3n) is 3.81. The molecule has 1 aliphatic rings. The van der Waals surface area contributed by atoms with Gasteiger partial charge in [-0.05, 0) is 25.3 Å². The Morgan fingerprint density at radius 3 is 2.96 bits per heavy atom. The van der Waals surface area contributed by atoms with E-state index in [1.54, 1.807) is 23.6 Å². The van der Waals surface area contributed by atoms with Crippen molar-refractivity contribution in [2.24, 2.45) is 0 Å². The van der Waals surface area contributed by atoms with Crippen molar-refractivity contribution in [1.29, 1.82) is 0 Å². The molecule has 0 saturated carbocycles. The molecule has 2 heterocycles. The standard InChI is InChI=1S/C15H18N4O3S/c1-10-16-13(22-18-10)15(21)7-8-19(9-15)14(20)17-11-5-3-4-6-12(11)23-2/h3-6,21H,7-9H2,1-2H3,(H,17,20)/t15-/m0/s1. The van der Waals surface area contributed by atoms with Crippen LogP contribution >= 0.6 is 11.8 Å². The normalized spacial score (nSPS) is 20.7. The van der Waals surface area contributed by atoms with E-state index in [0.29, 0.717) is 18.8 Å². The van der Waals surface area contributed by atoms with Gasteiger partial charge < -0.3 is 19.8 Å². The molecule has 0 bridgehead atoms. The van der Waals surface area contributed by atoms with E-state index < -0.39 is 5.60 Å². The number of nitrogens with one attached hydrogen (secondary N) is 1. The molecule has 0 unspecified atom stereocenters. The number of para-hydroxylation sites is 1. The molecule has 1 fully saturated rings. The number of amides is 2. The average molecular weight is 334 g/mol. The highest BCUT2D eigenvalue weighted by Crippen LogP contribution is 2.32. The summed E-state index contributed by atoms with van der Waals surface area (Å²) in [4.78, 5) is 19.1. The molecule has 23 heavy (non-hydrogen) atoms. The van der Waals surface area contributed by atoms with Gasteiger partial charge in [-0.25, -0.2) is 4.79 Å². The van der Waals surface area contributed by atoms with Crippen LogP contribution in [0.15, 0.2) is 33.7 Å². The van der Waals surface area contributed by atoms with Gasteiger partial charge in [-0.3, -0.25) is 0 Å². The number of thioether (sulfide) groups is 1. The second-order valence-corrected chi connectivity index (χ2v) is 6.33. The number of likely N-dealkylation sites (tertiary alicyclic amines) is 1. The molecule has 2 N–H and O–H groups in total. The zero-order valence-corrected chi connectivity index (χ0v) is 13.8. The van der Waals surface area contributed by atoms with Crippen molar-refractivity contribution in [2.75, 3.05) is 24.7 Å². The van der Waals surface area contributed by atoms with Crippen molar-refractivity contribution in [3.8, 4) is 0 Å². The predicted octanol–water partition coefficient (Wildman–Crippen LogP) is 2.23. The number of carbonyl (C=O) groups excluding carboxylic acids is 1. The molecule has 1 aromatic heterocycles. The summed E-state index contributed by atoms with van der Waals surface area (Å²) < 4.78 is 5.06. The van der Waals surface area contributed by atoms with E-state index >= 15 is 0 Å². The van der Waals surface area contributed by atoms with E-state index in [9.17, 15) is 9.90 Å². The van der Waals surface area contributed by atoms with Crippen LogP contribution < -0.4 is 5.32 Å². The third-order valence-corrected chi connectivity index (χ3v) is 4.61. The van der Waals surface area contributed by atoms with E-state index in [0.717, 1.165) is 10.6 Å². The van der Waals surface area contributed by atoms with Crippen molar-refractivity contribution in [3.63, 3.8) is 0 Å². The number of nitrogens with zero attached hydrogens (tertiary/aromatic N) is 3. The Hall–Kier alpha value is -2.06. The summed E-state index contributed by atoms with van der Waals surface area (Å²) in [5.74, 6) is 0.625. The van der Waals surface area contributed by atoms with Gasteiger partial charge in [-0.15, -0.1) is 11.8 Å². The number of carbonyl (C=O) groups is 1. The number of aromatic nitrogens is 2. The molecular formula is C15H18N4O3S. The number of benzene rings is 1. The molecule has 0 aliphatic carbocycles. The van der Waals surface area contributed by atoms with E-state index in [4.69, 9.17) is 4.52 Å². The summed E-state index contributed by atoms with van der Waals surface area (Å²) in [6, 6.07) is 7.35. The Labute approximate surface area is 138 Å². The minimum atomic E-state index is -1.28. The quantitative estimate of drug-likeness (QED) is 0.836. The monoisotopic (exact) mass is 334 g/mol. The number of aliphatic hydroxyl groups is 1. The first-order valence-corrected chi connectivity index (χ1v) is 8.46. The Bertz CT molecular complexity index is 720. The number of hydrogen-bond donors (Lipinski definition) is 2. The predicted molar refractivity (Wildman–Crippen MR) is 86.4 cm³/mol. The molecule has 0 spiro atoms. The molecule has 122 valence electrons. The molecule has 1 aromatic carbocycles. The first-order chi connectivity index (χ1) is 11.0. The molecule has 3 rings (SSSR count). The summed E-state index contributed by atoms with van der Waals surface area (Å²) in [5.41, 5.74) is -0.522. The second-order valence-electron chi connectivity index (χ2n) is 5.48. The van der Waals surface area contributed by atoms with Gasteiger partial charge in [0.15, 0.2) is 11.4 Å². The number of rotatable bonds is 3. The molecule has 1 saturated heterocycles. The minimum absolute atomic E-state index is 0.127. The summed E-state index contributed by atoms with van der Waals surface area (Å²) in [6.45, 7) is 2.24. The SMILES string of the molecule is CSc1ccccc1NC(=O)N1CC[C@@](O)(c2nc(C)no2)C1. The molecule has 7 nitrogen and oxygen atoms in total. The van der Waals surface area contributed by atoms with Crippen LogP contribution in [0.3, 0.4) is 0 Å². The van der Waals surface area contributed by atoms with E-state index in [1.165, 1.54) is 0 Å². The summed E-state index contributed by atoms with van der Waals surface area (Å²) in [6.07, 6.45) is 2.32. The molecule has 2 aromatic rings. The van der Waals surface area contributed by atoms with Crippen LogP contribution in [0, 0.1) is 6.92 Å². The van der Waals surface area contributed by atoms with Crippen molar-refractivity contribution < 1.29 is 14.4 Å². The molecule has 8 heteroatoms. The van der Waals surface area contributed by atoms with Gasteiger partial charge in [-0.1, -0.05) is 17.3 Å². The van der Waals surface area contributed by atoms with Crippen LogP contribution in [0.25, 0.3) is 0 Å². The fraction of sp³-hybridized carbons (Fsp3) is 0.400. The molecular weight excluding hydrogens is 316 g/mol. The van der Waals surface area contributed by atoms with Gasteiger partial charge in [0, 0.05) is 17.9 Å². The fourth-order valence-corrected chi connectivity index (χ4v) is 3.12. The van der Waals surface area contributed by atoms with Gasteiger partial charge in [0.25, 0.3) is 5.89 Å². The van der Waals surface area contributed by atoms with Gasteiger partial charge in [0.05, 0.1) is 12.2 Å². The van der Waals surface area contributed by atoms with Gasteiger partial charge in [-0.2, -0.15) is 4.98 Å². The highest BCUT2D eigenvalue weighted by molar-refractivity contribution is 7.98. The maximum Gasteiger partial charge on any atom is 0.321 e. The summed E-state index contributed by atoms with van der Waals surface area (Å²) in [5, 5.41) is 17.2. The van der Waals surface area contributed by atoms with E-state index in [2.05, 4.69) is 15.5 Å². The fourth-order valence-electron chi connectivity index (χ4n) is 2.57. The van der Waals surface area contributed by atoms with Crippen molar-refractivity contribution in [3.05, 3.63) is 36.0 Å². The van der Waals surface area contributed by atoms with E-state index in [-0.39, 0.29) is 18.5 Å². The first kappa shape index (κ1) is 15.8. The van der Waals surface area contributed by atoms with Crippen LogP contribution in [-0.4, -0.2) is 45.5 Å². The van der Waals surface area contributed by atoms with Crippen LogP contribution in [0.5, 0.6) is 0 Å². The summed E-state index contributed by atoms with van der Waals surface area (Å²) in [7, 11) is 0. The second kappa shape index (κ2) is 6.21. The maximum atomic E-state index is 12.4. The van der Waals surface area contributed by atoms with Crippen molar-refractivity contribution in [1.82, 2.24) is 15.0 Å². The zero-order chi connectivity index (χ0) is 16.4. The van der Waals surface area contributed by atoms with Gasteiger partial charge in [0.2, 0.25) is 0 Å². The summed E-state index contributed by atoms with van der Waals surface area (Å²) >= 11 is 1.56. The number of aryl methyl sites for hydroxylation is 1. The lowest BCUT2D eigenvalue weighted by Gasteiger charge is -2.20. The van der Waals surface area contributed by atoms with Crippen LogP contribution in [0.4, 0.5) is 10.5 Å². The molecule has 0 radical (unpaired) electrons. The Kier molecular flexibility index (Phi) is 4.27. The van der Waals surface area contributed by atoms with Gasteiger partial charge in [0.1, 0.15) is 0 Å². The largest absolute Gasteiger partial charge is 0.378 e. The molecule has 1 atom stereocenters. The minimum Gasteiger partial charge on any atom is -0.378 e. The van der Waals surface area contributed by atoms with Crippen LogP contribution in [-0.2, 0) is 5.60 Å². The maximum absolute atomic E-state index is 12.4. The van der Waals surface area contributed by atoms with Crippen LogP contribution in [0.2, 0.25) is 0 Å². The average Bonchev–Trinajstić information content (AvgIpc) is 3.15. The lowest BCUT2D eigenvalue weighted by atomic mass is 10.0. The Balaban J connectivity index is 1.70. The highest BCUT2D eigenvalue weighted by atomic mass is 32.2. The third kappa shape index (κ3) is 3.18. The Morgan fingerprint density at radius 1 is 1.48 bits per heavy atom. The number of hydrogen-bond acceptors (Lipinski definition) is 6. The van der Waals surface area contributed by atoms with E-state index in [1.807, 2.05) is 30.5 Å². The van der Waals surface area contributed by atoms with Crippen molar-refractivity contribution in [2.45, 2.75) is 23.8 Å². The zero-order valence-electron chi connectivity index (χ0n) is 12.9. The molecule has 1 aliphatic heterocycles. The smallest absolute Gasteiger partial charge is 0.321 e. The highest BCUT2D eigenvalue weighted by Gasteiger charge is 2.44. The number of anilines is 1.